The lowest BCUT2D eigenvalue weighted by molar-refractivity contribution is 0.380. The largest absolute Gasteiger partial charge is 0.361 e. The third kappa shape index (κ3) is 4.32. The monoisotopic (exact) mass is 469 g/mol. The zero-order valence-electron chi connectivity index (χ0n) is 15.2. The van der Waals surface area contributed by atoms with Crippen LogP contribution in [0.1, 0.15) is 36.7 Å². The number of halogens is 1. The Hall–Kier alpha value is -2.17. The van der Waals surface area contributed by atoms with Gasteiger partial charge in [-0.05, 0) is 18.6 Å². The number of aryl methyl sites for hydroxylation is 2. The molecule has 0 bridgehead atoms. The second-order valence-electron chi connectivity index (χ2n) is 5.56. The topological polar surface area (TPSA) is 92.6 Å². The molecule has 3 rings (SSSR count). The van der Waals surface area contributed by atoms with Crippen LogP contribution in [0.4, 0.5) is 0 Å². The molecule has 26 heavy (non-hydrogen) atoms. The zero-order chi connectivity index (χ0) is 17.6. The van der Waals surface area contributed by atoms with Gasteiger partial charge in [0.05, 0.1) is 12.2 Å². The van der Waals surface area contributed by atoms with Crippen molar-refractivity contribution in [2.75, 3.05) is 7.05 Å². The first-order valence-electron chi connectivity index (χ1n) is 8.46. The van der Waals surface area contributed by atoms with Crippen molar-refractivity contribution in [2.24, 2.45) is 4.99 Å². The molecule has 0 saturated carbocycles. The van der Waals surface area contributed by atoms with Crippen LogP contribution in [-0.2, 0) is 25.9 Å². The highest BCUT2D eigenvalue weighted by atomic mass is 127. The number of aromatic nitrogens is 4. The minimum Gasteiger partial charge on any atom is -0.361 e. The van der Waals surface area contributed by atoms with Crippen molar-refractivity contribution in [3.05, 3.63) is 47.2 Å². The molecular weight excluding hydrogens is 445 g/mol. The summed E-state index contributed by atoms with van der Waals surface area (Å²) >= 11 is 0. The highest BCUT2D eigenvalue weighted by Gasteiger charge is 2.14. The van der Waals surface area contributed by atoms with Gasteiger partial charge in [0.1, 0.15) is 5.76 Å². The van der Waals surface area contributed by atoms with E-state index in [0.717, 1.165) is 41.3 Å². The van der Waals surface area contributed by atoms with Crippen molar-refractivity contribution in [1.82, 2.24) is 30.4 Å². The Morgan fingerprint density at radius 2 is 1.96 bits per heavy atom. The molecule has 9 heteroatoms. The van der Waals surface area contributed by atoms with Gasteiger partial charge in [0, 0.05) is 31.8 Å². The van der Waals surface area contributed by atoms with Crippen LogP contribution in [0.2, 0.25) is 0 Å². The Morgan fingerprint density at radius 1 is 1.15 bits per heavy atom. The second-order valence-corrected chi connectivity index (χ2v) is 5.56. The third-order valence-electron chi connectivity index (χ3n) is 4.06. The minimum atomic E-state index is 0. The molecule has 8 nitrogen and oxygen atoms in total. The molecule has 0 unspecified atom stereocenters. The molecule has 0 aliphatic rings. The van der Waals surface area contributed by atoms with E-state index in [1.165, 1.54) is 0 Å². The van der Waals surface area contributed by atoms with E-state index >= 15 is 0 Å². The first-order valence-corrected chi connectivity index (χ1v) is 8.46. The summed E-state index contributed by atoms with van der Waals surface area (Å²) in [4.78, 5) is 4.26. The number of rotatable bonds is 6. The number of guanidine groups is 1. The Balaban J connectivity index is 0.00000243. The SMILES string of the molecule is CCc1noc(CC)c1CNC(=NC)NCc1nnc2ccccn12.I. The average Bonchev–Trinajstić information content (AvgIpc) is 3.25. The number of hydrogen-bond donors (Lipinski definition) is 2. The number of aliphatic imine (C=N–C) groups is 1. The Kier molecular flexibility index (Phi) is 7.37. The molecular formula is C17H24IN7O. The van der Waals surface area contributed by atoms with Gasteiger partial charge < -0.3 is 15.2 Å². The van der Waals surface area contributed by atoms with E-state index < -0.39 is 0 Å². The molecule has 3 heterocycles. The smallest absolute Gasteiger partial charge is 0.191 e. The highest BCUT2D eigenvalue weighted by Crippen LogP contribution is 2.15. The maximum Gasteiger partial charge on any atom is 0.191 e. The lowest BCUT2D eigenvalue weighted by Gasteiger charge is -2.11. The molecule has 0 aliphatic carbocycles. The van der Waals surface area contributed by atoms with Crippen LogP contribution in [0.5, 0.6) is 0 Å². The van der Waals surface area contributed by atoms with E-state index in [9.17, 15) is 0 Å². The number of pyridine rings is 1. The Morgan fingerprint density at radius 3 is 2.69 bits per heavy atom. The number of nitrogens with one attached hydrogen (secondary N) is 2. The summed E-state index contributed by atoms with van der Waals surface area (Å²) in [6.07, 6.45) is 3.61. The molecule has 0 fully saturated rings. The molecule has 2 N–H and O–H groups in total. The van der Waals surface area contributed by atoms with Crippen LogP contribution in [0.25, 0.3) is 5.65 Å². The molecule has 0 aromatic carbocycles. The summed E-state index contributed by atoms with van der Waals surface area (Å²) in [5.41, 5.74) is 2.93. The van der Waals surface area contributed by atoms with Gasteiger partial charge in [-0.3, -0.25) is 9.39 Å². The summed E-state index contributed by atoms with van der Waals surface area (Å²) in [5, 5.41) is 19.1. The van der Waals surface area contributed by atoms with Crippen molar-refractivity contribution in [2.45, 2.75) is 39.8 Å². The van der Waals surface area contributed by atoms with Crippen LogP contribution >= 0.6 is 24.0 Å². The maximum atomic E-state index is 5.40. The molecule has 3 aromatic rings. The molecule has 0 atom stereocenters. The predicted octanol–water partition coefficient (Wildman–Crippen LogP) is 2.33. The number of fused-ring (bicyclic) bond motifs is 1. The zero-order valence-corrected chi connectivity index (χ0v) is 17.5. The summed E-state index contributed by atoms with van der Waals surface area (Å²) in [5.74, 6) is 2.44. The van der Waals surface area contributed by atoms with Gasteiger partial charge in [-0.2, -0.15) is 0 Å². The Labute approximate surface area is 169 Å². The van der Waals surface area contributed by atoms with Crippen molar-refractivity contribution in [1.29, 1.82) is 0 Å². The van der Waals surface area contributed by atoms with Crippen LogP contribution in [0, 0.1) is 0 Å². The van der Waals surface area contributed by atoms with E-state index in [2.05, 4.69) is 44.8 Å². The molecule has 0 aliphatic heterocycles. The van der Waals surface area contributed by atoms with Crippen molar-refractivity contribution >= 4 is 35.6 Å². The summed E-state index contributed by atoms with van der Waals surface area (Å²) < 4.78 is 7.35. The maximum absolute atomic E-state index is 5.40. The van der Waals surface area contributed by atoms with Gasteiger partial charge in [0.2, 0.25) is 0 Å². The summed E-state index contributed by atoms with van der Waals surface area (Å²) in [6, 6.07) is 5.82. The molecule has 0 saturated heterocycles. The number of nitrogens with zero attached hydrogens (tertiary/aromatic N) is 5. The van der Waals surface area contributed by atoms with E-state index in [1.807, 2.05) is 28.8 Å². The standard InChI is InChI=1S/C17H23N7O.HI/c1-4-13-12(14(5-2)25-23-13)10-19-17(18-3)20-11-16-22-21-15-8-6-7-9-24(15)16;/h6-9H,4-5,10-11H2,1-3H3,(H2,18,19,20);1H. The second kappa shape index (κ2) is 9.51. The van der Waals surface area contributed by atoms with E-state index in [-0.39, 0.29) is 24.0 Å². The van der Waals surface area contributed by atoms with Crippen molar-refractivity contribution in [3.8, 4) is 0 Å². The van der Waals surface area contributed by atoms with E-state index in [0.29, 0.717) is 19.0 Å². The Bertz CT molecular complexity index is 850. The predicted molar refractivity (Wildman–Crippen MR) is 111 cm³/mol. The summed E-state index contributed by atoms with van der Waals surface area (Å²) in [6.45, 7) is 5.28. The van der Waals surface area contributed by atoms with Crippen molar-refractivity contribution < 1.29 is 4.52 Å². The van der Waals surface area contributed by atoms with Gasteiger partial charge >= 0.3 is 0 Å². The van der Waals surface area contributed by atoms with Crippen LogP contribution in [0.3, 0.4) is 0 Å². The molecule has 0 radical (unpaired) electrons. The van der Waals surface area contributed by atoms with Gasteiger partial charge in [0.15, 0.2) is 17.4 Å². The lowest BCUT2D eigenvalue weighted by atomic mass is 10.1. The fourth-order valence-corrected chi connectivity index (χ4v) is 2.70. The van der Waals surface area contributed by atoms with E-state index in [4.69, 9.17) is 4.52 Å². The quantitative estimate of drug-likeness (QED) is 0.327. The molecule has 0 spiro atoms. The van der Waals surface area contributed by atoms with Crippen LogP contribution < -0.4 is 10.6 Å². The molecule has 0 amide bonds. The van der Waals surface area contributed by atoms with Gasteiger partial charge in [-0.15, -0.1) is 34.2 Å². The minimum absolute atomic E-state index is 0. The van der Waals surface area contributed by atoms with Gasteiger partial charge in [0.25, 0.3) is 0 Å². The van der Waals surface area contributed by atoms with Crippen LogP contribution in [0.15, 0.2) is 33.9 Å². The fourth-order valence-electron chi connectivity index (χ4n) is 2.70. The van der Waals surface area contributed by atoms with Gasteiger partial charge in [-0.1, -0.05) is 25.1 Å². The molecule has 3 aromatic heterocycles. The summed E-state index contributed by atoms with van der Waals surface area (Å²) in [7, 11) is 1.74. The fraction of sp³-hybridized carbons (Fsp3) is 0.412. The first kappa shape index (κ1) is 20.1. The number of hydrogen-bond acceptors (Lipinski definition) is 5. The average molecular weight is 469 g/mol. The molecule has 140 valence electrons. The normalized spacial score (nSPS) is 11.4. The first-order chi connectivity index (χ1) is 12.3. The van der Waals surface area contributed by atoms with Crippen molar-refractivity contribution in [3.63, 3.8) is 0 Å². The van der Waals surface area contributed by atoms with E-state index in [1.54, 1.807) is 7.05 Å². The highest BCUT2D eigenvalue weighted by molar-refractivity contribution is 14.0. The lowest BCUT2D eigenvalue weighted by Crippen LogP contribution is -2.37. The van der Waals surface area contributed by atoms with Crippen LogP contribution in [-0.4, -0.2) is 32.8 Å². The third-order valence-corrected chi connectivity index (χ3v) is 4.06. The van der Waals surface area contributed by atoms with Gasteiger partial charge in [-0.25, -0.2) is 0 Å².